The molecular formula is C13H22N4O2. The standard InChI is InChI=1S/C13H22N4O2/c1-13(9-18-8-10(13)14)11-15-12(16-19-11)17-6-4-2-3-5-7-17/h10H,2-9,14H2,1H3. The third kappa shape index (κ3) is 2.34. The van der Waals surface area contributed by atoms with Crippen molar-refractivity contribution < 1.29 is 9.26 Å². The van der Waals surface area contributed by atoms with E-state index >= 15 is 0 Å². The van der Waals surface area contributed by atoms with Crippen LogP contribution < -0.4 is 10.6 Å². The summed E-state index contributed by atoms with van der Waals surface area (Å²) in [5.41, 5.74) is 5.74. The second-order valence-corrected chi connectivity index (χ2v) is 5.84. The average molecular weight is 266 g/mol. The molecule has 0 amide bonds. The Balaban J connectivity index is 1.79. The van der Waals surface area contributed by atoms with E-state index in [0.29, 0.717) is 25.1 Å². The van der Waals surface area contributed by atoms with Crippen molar-refractivity contribution >= 4 is 5.95 Å². The maximum absolute atomic E-state index is 6.09. The molecule has 0 aromatic carbocycles. The number of ether oxygens (including phenoxy) is 1. The number of nitrogens with two attached hydrogens (primary N) is 1. The summed E-state index contributed by atoms with van der Waals surface area (Å²) in [5, 5.41) is 4.13. The maximum atomic E-state index is 6.09. The molecular weight excluding hydrogens is 244 g/mol. The van der Waals surface area contributed by atoms with Crippen molar-refractivity contribution in [2.45, 2.75) is 44.1 Å². The lowest BCUT2D eigenvalue weighted by Crippen LogP contribution is -2.42. The minimum absolute atomic E-state index is 0.0788. The zero-order chi connectivity index (χ0) is 13.3. The molecule has 0 saturated carbocycles. The SMILES string of the molecule is CC1(c2nc(N3CCCCCC3)no2)COCC1N. The Labute approximate surface area is 113 Å². The Hall–Kier alpha value is -1.14. The van der Waals surface area contributed by atoms with Gasteiger partial charge in [0.15, 0.2) is 0 Å². The number of hydrogen-bond acceptors (Lipinski definition) is 6. The molecule has 3 rings (SSSR count). The molecule has 1 aromatic heterocycles. The van der Waals surface area contributed by atoms with Crippen molar-refractivity contribution in [2.24, 2.45) is 5.73 Å². The molecule has 106 valence electrons. The first-order valence-electron chi connectivity index (χ1n) is 7.12. The van der Waals surface area contributed by atoms with E-state index in [2.05, 4.69) is 15.0 Å². The molecule has 0 aliphatic carbocycles. The fourth-order valence-corrected chi connectivity index (χ4v) is 2.76. The van der Waals surface area contributed by atoms with Crippen LogP contribution in [0.15, 0.2) is 4.52 Å². The first-order chi connectivity index (χ1) is 9.20. The van der Waals surface area contributed by atoms with Crippen molar-refractivity contribution in [1.82, 2.24) is 10.1 Å². The first kappa shape index (κ1) is 12.9. The largest absolute Gasteiger partial charge is 0.379 e. The summed E-state index contributed by atoms with van der Waals surface area (Å²) in [5.74, 6) is 1.31. The van der Waals surface area contributed by atoms with Gasteiger partial charge in [-0.3, -0.25) is 0 Å². The highest BCUT2D eigenvalue weighted by atomic mass is 16.5. The fraction of sp³-hybridized carbons (Fsp3) is 0.846. The number of nitrogens with zero attached hydrogens (tertiary/aromatic N) is 3. The van der Waals surface area contributed by atoms with Gasteiger partial charge in [0, 0.05) is 19.1 Å². The van der Waals surface area contributed by atoms with E-state index in [0.717, 1.165) is 13.1 Å². The van der Waals surface area contributed by atoms with Gasteiger partial charge in [-0.25, -0.2) is 0 Å². The molecule has 2 N–H and O–H groups in total. The van der Waals surface area contributed by atoms with Gasteiger partial charge in [0.1, 0.15) is 0 Å². The minimum atomic E-state index is -0.350. The van der Waals surface area contributed by atoms with E-state index < -0.39 is 0 Å². The van der Waals surface area contributed by atoms with Crippen LogP contribution in [0.1, 0.15) is 38.5 Å². The lowest BCUT2D eigenvalue weighted by Gasteiger charge is -2.21. The van der Waals surface area contributed by atoms with E-state index in [9.17, 15) is 0 Å². The fourth-order valence-electron chi connectivity index (χ4n) is 2.76. The van der Waals surface area contributed by atoms with E-state index in [1.807, 2.05) is 6.92 Å². The molecule has 0 bridgehead atoms. The molecule has 2 unspecified atom stereocenters. The molecule has 2 fully saturated rings. The lowest BCUT2D eigenvalue weighted by atomic mass is 9.86. The zero-order valence-electron chi connectivity index (χ0n) is 11.5. The van der Waals surface area contributed by atoms with Gasteiger partial charge in [0.25, 0.3) is 5.95 Å². The summed E-state index contributed by atoms with van der Waals surface area (Å²) in [7, 11) is 0. The summed E-state index contributed by atoms with van der Waals surface area (Å²) in [4.78, 5) is 6.78. The highest BCUT2D eigenvalue weighted by molar-refractivity contribution is 5.29. The molecule has 1 aromatic rings. The summed E-state index contributed by atoms with van der Waals surface area (Å²) in [6.07, 6.45) is 4.98. The van der Waals surface area contributed by atoms with Crippen molar-refractivity contribution in [3.8, 4) is 0 Å². The van der Waals surface area contributed by atoms with Crippen LogP contribution in [0, 0.1) is 0 Å². The van der Waals surface area contributed by atoms with Crippen LogP contribution in [0.2, 0.25) is 0 Å². The van der Waals surface area contributed by atoms with Crippen LogP contribution in [0.4, 0.5) is 5.95 Å². The van der Waals surface area contributed by atoms with Gasteiger partial charge in [0.05, 0.1) is 18.6 Å². The molecule has 2 atom stereocenters. The van der Waals surface area contributed by atoms with E-state index in [1.54, 1.807) is 0 Å². The molecule has 3 heterocycles. The monoisotopic (exact) mass is 266 g/mol. The second kappa shape index (κ2) is 5.09. The van der Waals surface area contributed by atoms with Gasteiger partial charge in [-0.1, -0.05) is 12.8 Å². The predicted octanol–water partition coefficient (Wildman–Crippen LogP) is 1.07. The molecule has 0 radical (unpaired) electrons. The topological polar surface area (TPSA) is 77.4 Å². The van der Waals surface area contributed by atoms with E-state index in [1.165, 1.54) is 25.7 Å². The van der Waals surface area contributed by atoms with Gasteiger partial charge in [-0.2, -0.15) is 4.98 Å². The number of hydrogen-bond donors (Lipinski definition) is 1. The molecule has 2 aliphatic heterocycles. The molecule has 6 nitrogen and oxygen atoms in total. The number of anilines is 1. The third-order valence-electron chi connectivity index (χ3n) is 4.31. The highest BCUT2D eigenvalue weighted by Gasteiger charge is 2.44. The van der Waals surface area contributed by atoms with Crippen LogP contribution in [0.5, 0.6) is 0 Å². The molecule has 0 spiro atoms. The second-order valence-electron chi connectivity index (χ2n) is 5.84. The average Bonchev–Trinajstić information content (AvgIpc) is 2.91. The number of rotatable bonds is 2. The Morgan fingerprint density at radius 2 is 2.00 bits per heavy atom. The van der Waals surface area contributed by atoms with Crippen molar-refractivity contribution in [1.29, 1.82) is 0 Å². The smallest absolute Gasteiger partial charge is 0.266 e. The van der Waals surface area contributed by atoms with Crippen LogP contribution in [-0.2, 0) is 10.2 Å². The van der Waals surface area contributed by atoms with Gasteiger partial charge >= 0.3 is 0 Å². The van der Waals surface area contributed by atoms with Crippen molar-refractivity contribution in [2.75, 3.05) is 31.2 Å². The number of aromatic nitrogens is 2. The first-order valence-corrected chi connectivity index (χ1v) is 7.12. The summed E-state index contributed by atoms with van der Waals surface area (Å²) in [6, 6.07) is -0.0788. The lowest BCUT2D eigenvalue weighted by molar-refractivity contribution is 0.169. The van der Waals surface area contributed by atoms with E-state index in [4.69, 9.17) is 15.0 Å². The van der Waals surface area contributed by atoms with Gasteiger partial charge in [-0.15, -0.1) is 0 Å². The van der Waals surface area contributed by atoms with E-state index in [-0.39, 0.29) is 11.5 Å². The quantitative estimate of drug-likeness (QED) is 0.862. The van der Waals surface area contributed by atoms with Gasteiger partial charge in [-0.05, 0) is 24.9 Å². The van der Waals surface area contributed by atoms with Crippen LogP contribution in [0.3, 0.4) is 0 Å². The summed E-state index contributed by atoms with van der Waals surface area (Å²) >= 11 is 0. The Morgan fingerprint density at radius 1 is 1.26 bits per heavy atom. The molecule has 19 heavy (non-hydrogen) atoms. The third-order valence-corrected chi connectivity index (χ3v) is 4.31. The Kier molecular flexibility index (Phi) is 3.45. The Morgan fingerprint density at radius 3 is 2.63 bits per heavy atom. The van der Waals surface area contributed by atoms with Crippen molar-refractivity contribution in [3.63, 3.8) is 0 Å². The normalized spacial score (nSPS) is 32.5. The maximum Gasteiger partial charge on any atom is 0.266 e. The summed E-state index contributed by atoms with van der Waals surface area (Å²) in [6.45, 7) is 5.16. The molecule has 2 aliphatic rings. The van der Waals surface area contributed by atoms with Gasteiger partial charge in [0.2, 0.25) is 5.89 Å². The highest BCUT2D eigenvalue weighted by Crippen LogP contribution is 2.31. The van der Waals surface area contributed by atoms with Crippen molar-refractivity contribution in [3.05, 3.63) is 5.89 Å². The van der Waals surface area contributed by atoms with Crippen LogP contribution >= 0.6 is 0 Å². The minimum Gasteiger partial charge on any atom is -0.379 e. The van der Waals surface area contributed by atoms with Crippen LogP contribution in [0.25, 0.3) is 0 Å². The van der Waals surface area contributed by atoms with Gasteiger partial charge < -0.3 is 19.9 Å². The Bertz CT molecular complexity index is 428. The molecule has 6 heteroatoms. The van der Waals surface area contributed by atoms with Crippen LogP contribution in [-0.4, -0.2) is 42.5 Å². The molecule has 2 saturated heterocycles. The predicted molar refractivity (Wildman–Crippen MR) is 71.1 cm³/mol. The summed E-state index contributed by atoms with van der Waals surface area (Å²) < 4.78 is 10.9. The zero-order valence-corrected chi connectivity index (χ0v) is 11.5.